The van der Waals surface area contributed by atoms with E-state index in [1.807, 2.05) is 30.5 Å². The highest BCUT2D eigenvalue weighted by molar-refractivity contribution is 5.67. The van der Waals surface area contributed by atoms with Crippen LogP contribution in [0.25, 0.3) is 22.6 Å². The highest BCUT2D eigenvalue weighted by Gasteiger charge is 2.07. The van der Waals surface area contributed by atoms with Crippen LogP contribution < -0.4 is 0 Å². The molecular weight excluding hydrogens is 250 g/mol. The lowest BCUT2D eigenvalue weighted by Crippen LogP contribution is -1.91. The van der Waals surface area contributed by atoms with Gasteiger partial charge in [0.25, 0.3) is 0 Å². The third kappa shape index (κ3) is 2.42. The van der Waals surface area contributed by atoms with Crippen LogP contribution in [-0.2, 0) is 0 Å². The number of hydrogen-bond acceptors (Lipinski definition) is 4. The first-order chi connectivity index (χ1) is 9.74. The highest BCUT2D eigenvalue weighted by atomic mass is 15.5. The predicted molar refractivity (Wildman–Crippen MR) is 76.9 cm³/mol. The van der Waals surface area contributed by atoms with Crippen molar-refractivity contribution in [2.45, 2.75) is 19.8 Å². The molecule has 2 heterocycles. The monoisotopic (exact) mass is 265 g/mol. The number of aromatic amines is 1. The molecule has 0 aliphatic heterocycles. The van der Waals surface area contributed by atoms with Gasteiger partial charge in [0.05, 0.1) is 5.69 Å². The van der Waals surface area contributed by atoms with E-state index in [1.165, 1.54) is 5.56 Å². The van der Waals surface area contributed by atoms with E-state index in [0.717, 1.165) is 16.8 Å². The largest absolute Gasteiger partial charge is 0.256 e. The first-order valence-corrected chi connectivity index (χ1v) is 6.54. The Morgan fingerprint density at radius 1 is 1.05 bits per heavy atom. The number of benzene rings is 1. The lowest BCUT2D eigenvalue weighted by molar-refractivity contribution is 0.864. The Balaban J connectivity index is 2.02. The van der Waals surface area contributed by atoms with Crippen molar-refractivity contribution in [1.82, 2.24) is 25.6 Å². The molecule has 0 atom stereocenters. The molecule has 0 spiro atoms. The third-order valence-corrected chi connectivity index (χ3v) is 3.23. The number of tetrazole rings is 1. The van der Waals surface area contributed by atoms with E-state index in [1.54, 1.807) is 0 Å². The molecule has 20 heavy (non-hydrogen) atoms. The van der Waals surface area contributed by atoms with E-state index in [4.69, 9.17) is 0 Å². The number of rotatable bonds is 3. The summed E-state index contributed by atoms with van der Waals surface area (Å²) in [5.74, 6) is 1.14. The second-order valence-electron chi connectivity index (χ2n) is 4.96. The summed E-state index contributed by atoms with van der Waals surface area (Å²) in [4.78, 5) is 4.45. The lowest BCUT2D eigenvalue weighted by atomic mass is 10.0. The molecule has 1 aromatic carbocycles. The molecule has 100 valence electrons. The van der Waals surface area contributed by atoms with Crippen molar-refractivity contribution in [3.8, 4) is 22.6 Å². The zero-order valence-corrected chi connectivity index (χ0v) is 11.4. The van der Waals surface area contributed by atoms with Gasteiger partial charge in [-0.2, -0.15) is 0 Å². The molecule has 0 bridgehead atoms. The van der Waals surface area contributed by atoms with Gasteiger partial charge in [0.2, 0.25) is 0 Å². The fourth-order valence-corrected chi connectivity index (χ4v) is 2.07. The molecule has 5 nitrogen and oxygen atoms in total. The molecule has 0 aliphatic carbocycles. The fraction of sp³-hybridized carbons (Fsp3) is 0.200. The number of nitrogens with one attached hydrogen (secondary N) is 1. The van der Waals surface area contributed by atoms with Gasteiger partial charge in [-0.15, -0.1) is 5.10 Å². The molecular formula is C15H15N5. The normalized spacial score (nSPS) is 10.9. The number of pyridine rings is 1. The molecule has 5 heteroatoms. The number of aromatic nitrogens is 5. The van der Waals surface area contributed by atoms with Crippen LogP contribution in [-0.4, -0.2) is 25.6 Å². The molecule has 1 N–H and O–H groups in total. The fourth-order valence-electron chi connectivity index (χ4n) is 2.07. The van der Waals surface area contributed by atoms with E-state index in [2.05, 4.69) is 51.6 Å². The first-order valence-electron chi connectivity index (χ1n) is 6.54. The number of nitrogens with zero attached hydrogens (tertiary/aromatic N) is 4. The zero-order valence-electron chi connectivity index (χ0n) is 11.4. The van der Waals surface area contributed by atoms with Gasteiger partial charge in [-0.1, -0.05) is 32.0 Å². The zero-order chi connectivity index (χ0) is 13.9. The molecule has 0 radical (unpaired) electrons. The van der Waals surface area contributed by atoms with Gasteiger partial charge < -0.3 is 0 Å². The van der Waals surface area contributed by atoms with E-state index in [0.29, 0.717) is 11.7 Å². The maximum absolute atomic E-state index is 4.45. The van der Waals surface area contributed by atoms with E-state index in [9.17, 15) is 0 Å². The van der Waals surface area contributed by atoms with Gasteiger partial charge in [0, 0.05) is 17.3 Å². The summed E-state index contributed by atoms with van der Waals surface area (Å²) >= 11 is 0. The Kier molecular flexibility index (Phi) is 3.25. The number of H-pyrrole nitrogens is 1. The smallest absolute Gasteiger partial charge is 0.179 e. The summed E-state index contributed by atoms with van der Waals surface area (Å²) in [5, 5.41) is 13.9. The van der Waals surface area contributed by atoms with Crippen LogP contribution in [0.4, 0.5) is 0 Å². The third-order valence-electron chi connectivity index (χ3n) is 3.23. The van der Waals surface area contributed by atoms with Gasteiger partial charge in [0.1, 0.15) is 0 Å². The molecule has 0 unspecified atom stereocenters. The quantitative estimate of drug-likeness (QED) is 0.790. The predicted octanol–water partition coefficient (Wildman–Crippen LogP) is 3.05. The lowest BCUT2D eigenvalue weighted by Gasteiger charge is -2.08. The Hall–Kier alpha value is -2.56. The topological polar surface area (TPSA) is 67.3 Å². The molecule has 0 saturated heterocycles. The van der Waals surface area contributed by atoms with Crippen molar-refractivity contribution in [3.63, 3.8) is 0 Å². The van der Waals surface area contributed by atoms with Crippen molar-refractivity contribution in [3.05, 3.63) is 48.2 Å². The van der Waals surface area contributed by atoms with Gasteiger partial charge in [-0.25, -0.2) is 5.10 Å². The molecule has 3 rings (SSSR count). The van der Waals surface area contributed by atoms with Crippen molar-refractivity contribution >= 4 is 0 Å². The van der Waals surface area contributed by atoms with Crippen LogP contribution in [0.2, 0.25) is 0 Å². The van der Waals surface area contributed by atoms with Gasteiger partial charge >= 0.3 is 0 Å². The Labute approximate surface area is 117 Å². The SMILES string of the molecule is CC(C)c1ccnc(-c2cccc(-c3nnn[nH]3)c2)c1. The van der Waals surface area contributed by atoms with Crippen LogP contribution >= 0.6 is 0 Å². The minimum Gasteiger partial charge on any atom is -0.256 e. The first kappa shape index (κ1) is 12.5. The van der Waals surface area contributed by atoms with Gasteiger partial charge in [-0.3, -0.25) is 4.98 Å². The Bertz CT molecular complexity index is 704. The van der Waals surface area contributed by atoms with Gasteiger partial charge in [0.15, 0.2) is 5.82 Å². The maximum atomic E-state index is 4.45. The Morgan fingerprint density at radius 3 is 2.65 bits per heavy atom. The summed E-state index contributed by atoms with van der Waals surface area (Å²) in [6.07, 6.45) is 1.85. The minimum absolute atomic E-state index is 0.485. The van der Waals surface area contributed by atoms with Crippen LogP contribution in [0.5, 0.6) is 0 Å². The van der Waals surface area contributed by atoms with Crippen LogP contribution in [0, 0.1) is 0 Å². The summed E-state index contributed by atoms with van der Waals surface area (Å²) in [5.41, 5.74) is 4.25. The van der Waals surface area contributed by atoms with Crippen LogP contribution in [0.3, 0.4) is 0 Å². The molecule has 2 aromatic heterocycles. The highest BCUT2D eigenvalue weighted by Crippen LogP contribution is 2.25. The molecule has 0 saturated carbocycles. The van der Waals surface area contributed by atoms with E-state index >= 15 is 0 Å². The summed E-state index contributed by atoms with van der Waals surface area (Å²) in [6, 6.07) is 12.2. The van der Waals surface area contributed by atoms with Crippen molar-refractivity contribution in [2.75, 3.05) is 0 Å². The van der Waals surface area contributed by atoms with E-state index in [-0.39, 0.29) is 0 Å². The second kappa shape index (κ2) is 5.21. The molecule has 3 aromatic rings. The van der Waals surface area contributed by atoms with Crippen molar-refractivity contribution in [2.24, 2.45) is 0 Å². The Morgan fingerprint density at radius 2 is 1.90 bits per heavy atom. The second-order valence-corrected chi connectivity index (χ2v) is 4.96. The maximum Gasteiger partial charge on any atom is 0.179 e. The summed E-state index contributed by atoms with van der Waals surface area (Å²) in [6.45, 7) is 4.35. The van der Waals surface area contributed by atoms with Crippen molar-refractivity contribution < 1.29 is 0 Å². The van der Waals surface area contributed by atoms with Gasteiger partial charge in [-0.05, 0) is 40.1 Å². The molecule has 0 amide bonds. The molecule has 0 fully saturated rings. The molecule has 0 aliphatic rings. The number of hydrogen-bond donors (Lipinski definition) is 1. The van der Waals surface area contributed by atoms with Crippen LogP contribution in [0.1, 0.15) is 25.3 Å². The standard InChI is InChI=1S/C15H15N5/c1-10(2)11-6-7-16-14(9-11)12-4-3-5-13(8-12)15-17-19-20-18-15/h3-10H,1-2H3,(H,17,18,19,20). The summed E-state index contributed by atoms with van der Waals surface area (Å²) in [7, 11) is 0. The average molecular weight is 265 g/mol. The van der Waals surface area contributed by atoms with Crippen molar-refractivity contribution in [1.29, 1.82) is 0 Å². The minimum atomic E-state index is 0.485. The summed E-state index contributed by atoms with van der Waals surface area (Å²) < 4.78 is 0. The van der Waals surface area contributed by atoms with E-state index < -0.39 is 0 Å². The average Bonchev–Trinajstić information content (AvgIpc) is 3.02. The van der Waals surface area contributed by atoms with Crippen LogP contribution in [0.15, 0.2) is 42.6 Å².